The highest BCUT2D eigenvalue weighted by Gasteiger charge is 2.25. The van der Waals surface area contributed by atoms with Crippen molar-refractivity contribution in [3.05, 3.63) is 52.6 Å². The van der Waals surface area contributed by atoms with Crippen LogP contribution in [-0.2, 0) is 0 Å². The summed E-state index contributed by atoms with van der Waals surface area (Å²) in [6.07, 6.45) is 4.66. The van der Waals surface area contributed by atoms with E-state index >= 15 is 0 Å². The second-order valence-corrected chi connectivity index (χ2v) is 7.19. The molecule has 0 amide bonds. The molecule has 1 aliphatic carbocycles. The zero-order valence-corrected chi connectivity index (χ0v) is 15.1. The molecule has 3 aromatic rings. The number of hydrogen-bond acceptors (Lipinski definition) is 2. The Balaban J connectivity index is 1.81. The van der Waals surface area contributed by atoms with Gasteiger partial charge in [0.15, 0.2) is 0 Å². The van der Waals surface area contributed by atoms with Crippen molar-refractivity contribution in [2.75, 3.05) is 18.0 Å². The first-order valence-corrected chi connectivity index (χ1v) is 9.10. The van der Waals surface area contributed by atoms with Gasteiger partial charge in [0.05, 0.1) is 28.1 Å². The summed E-state index contributed by atoms with van der Waals surface area (Å²) in [5.41, 5.74) is 4.21. The van der Waals surface area contributed by atoms with Gasteiger partial charge in [0.2, 0.25) is 0 Å². The zero-order chi connectivity index (χ0) is 16.7. The SMILES string of the molecule is CCN(CC1CC1)c1cnn2c(-c3ccc(Cl)cc3Cl)cccc12. The van der Waals surface area contributed by atoms with Crippen molar-refractivity contribution in [3.8, 4) is 11.3 Å². The van der Waals surface area contributed by atoms with Gasteiger partial charge < -0.3 is 4.90 Å². The molecule has 1 fully saturated rings. The summed E-state index contributed by atoms with van der Waals surface area (Å²) in [5.74, 6) is 0.841. The molecule has 3 nitrogen and oxygen atoms in total. The summed E-state index contributed by atoms with van der Waals surface area (Å²) in [7, 11) is 0. The van der Waals surface area contributed by atoms with Crippen molar-refractivity contribution in [1.82, 2.24) is 9.61 Å². The molecule has 1 aromatic carbocycles. The van der Waals surface area contributed by atoms with E-state index < -0.39 is 0 Å². The lowest BCUT2D eigenvalue weighted by atomic mass is 10.1. The van der Waals surface area contributed by atoms with E-state index in [1.165, 1.54) is 18.5 Å². The van der Waals surface area contributed by atoms with Gasteiger partial charge in [0.1, 0.15) is 0 Å². The van der Waals surface area contributed by atoms with Crippen molar-refractivity contribution in [2.45, 2.75) is 19.8 Å². The number of halogens is 2. The maximum absolute atomic E-state index is 6.40. The molecule has 0 aliphatic heterocycles. The minimum atomic E-state index is 0.636. The molecule has 1 aliphatic rings. The van der Waals surface area contributed by atoms with E-state index in [1.807, 2.05) is 28.9 Å². The number of aromatic nitrogens is 2. The topological polar surface area (TPSA) is 20.5 Å². The number of benzene rings is 1. The average Bonchev–Trinajstić information content (AvgIpc) is 3.29. The quantitative estimate of drug-likeness (QED) is 0.595. The van der Waals surface area contributed by atoms with Crippen LogP contribution in [0.25, 0.3) is 16.8 Å². The van der Waals surface area contributed by atoms with Crippen molar-refractivity contribution in [3.63, 3.8) is 0 Å². The number of anilines is 1. The molecule has 2 heterocycles. The van der Waals surface area contributed by atoms with Crippen LogP contribution in [0.5, 0.6) is 0 Å². The van der Waals surface area contributed by atoms with E-state index in [-0.39, 0.29) is 0 Å². The Morgan fingerprint density at radius 3 is 2.75 bits per heavy atom. The molecule has 0 saturated heterocycles. The number of fused-ring (bicyclic) bond motifs is 1. The van der Waals surface area contributed by atoms with E-state index in [0.717, 1.165) is 35.8 Å². The molecule has 0 spiro atoms. The Labute approximate surface area is 151 Å². The Morgan fingerprint density at radius 1 is 1.21 bits per heavy atom. The van der Waals surface area contributed by atoms with Crippen LogP contribution >= 0.6 is 23.2 Å². The van der Waals surface area contributed by atoms with Crippen LogP contribution in [0, 0.1) is 5.92 Å². The predicted octanol–water partition coefficient (Wildman–Crippen LogP) is 5.54. The van der Waals surface area contributed by atoms with Gasteiger partial charge in [-0.25, -0.2) is 4.52 Å². The van der Waals surface area contributed by atoms with Crippen LogP contribution in [0.4, 0.5) is 5.69 Å². The van der Waals surface area contributed by atoms with Gasteiger partial charge in [0.25, 0.3) is 0 Å². The Kier molecular flexibility index (Phi) is 4.15. The summed E-state index contributed by atoms with van der Waals surface area (Å²) in [6.45, 7) is 4.30. The minimum Gasteiger partial charge on any atom is -0.368 e. The van der Waals surface area contributed by atoms with Gasteiger partial charge in [0, 0.05) is 23.7 Å². The third kappa shape index (κ3) is 2.87. The maximum Gasteiger partial charge on any atom is 0.0902 e. The van der Waals surface area contributed by atoms with E-state index in [9.17, 15) is 0 Å². The van der Waals surface area contributed by atoms with Gasteiger partial charge >= 0.3 is 0 Å². The van der Waals surface area contributed by atoms with Gasteiger partial charge in [-0.15, -0.1) is 0 Å². The molecule has 0 radical (unpaired) electrons. The molecule has 5 heteroatoms. The van der Waals surface area contributed by atoms with E-state index in [0.29, 0.717) is 10.0 Å². The summed E-state index contributed by atoms with van der Waals surface area (Å²) in [5, 5.41) is 5.91. The van der Waals surface area contributed by atoms with Crippen LogP contribution in [-0.4, -0.2) is 22.7 Å². The lowest BCUT2D eigenvalue weighted by Crippen LogP contribution is -2.24. The number of pyridine rings is 1. The Bertz CT molecular complexity index is 883. The molecule has 0 atom stereocenters. The first-order chi connectivity index (χ1) is 11.7. The average molecular weight is 360 g/mol. The first kappa shape index (κ1) is 15.8. The molecule has 2 aromatic heterocycles. The summed E-state index contributed by atoms with van der Waals surface area (Å²) >= 11 is 12.4. The van der Waals surface area contributed by atoms with Gasteiger partial charge in [-0.1, -0.05) is 29.3 Å². The fourth-order valence-electron chi connectivity index (χ4n) is 3.15. The lowest BCUT2D eigenvalue weighted by Gasteiger charge is -2.21. The largest absolute Gasteiger partial charge is 0.368 e. The number of hydrogen-bond donors (Lipinski definition) is 0. The summed E-state index contributed by atoms with van der Waals surface area (Å²) in [4.78, 5) is 2.42. The Hall–Kier alpha value is -1.71. The standard InChI is InChI=1S/C19H19Cl2N3/c1-2-23(12-13-6-7-13)19-11-22-24-17(4-3-5-18(19)24)15-9-8-14(20)10-16(15)21/h3-5,8-11,13H,2,6-7,12H2,1H3. The van der Waals surface area contributed by atoms with E-state index in [4.69, 9.17) is 23.2 Å². The van der Waals surface area contributed by atoms with Gasteiger partial charge in [-0.2, -0.15) is 5.10 Å². The van der Waals surface area contributed by atoms with Gasteiger partial charge in [-0.3, -0.25) is 0 Å². The zero-order valence-electron chi connectivity index (χ0n) is 13.5. The van der Waals surface area contributed by atoms with Crippen LogP contribution in [0.3, 0.4) is 0 Å². The van der Waals surface area contributed by atoms with Crippen LogP contribution in [0.15, 0.2) is 42.6 Å². The number of nitrogens with zero attached hydrogens (tertiary/aromatic N) is 3. The third-order valence-corrected chi connectivity index (χ3v) is 5.18. The molecule has 124 valence electrons. The highest BCUT2D eigenvalue weighted by molar-refractivity contribution is 6.36. The molecule has 0 bridgehead atoms. The van der Waals surface area contributed by atoms with Crippen LogP contribution < -0.4 is 4.90 Å². The lowest BCUT2D eigenvalue weighted by molar-refractivity contribution is 0.744. The molecular formula is C19H19Cl2N3. The fraction of sp³-hybridized carbons (Fsp3) is 0.316. The monoisotopic (exact) mass is 359 g/mol. The van der Waals surface area contributed by atoms with Crippen molar-refractivity contribution >= 4 is 34.4 Å². The minimum absolute atomic E-state index is 0.636. The molecule has 4 rings (SSSR count). The number of rotatable bonds is 5. The normalized spacial score (nSPS) is 14.3. The molecule has 24 heavy (non-hydrogen) atoms. The highest BCUT2D eigenvalue weighted by atomic mass is 35.5. The van der Waals surface area contributed by atoms with Crippen LogP contribution in [0.2, 0.25) is 10.0 Å². The van der Waals surface area contributed by atoms with E-state index in [1.54, 1.807) is 6.07 Å². The second kappa shape index (κ2) is 6.30. The molecular weight excluding hydrogens is 341 g/mol. The highest BCUT2D eigenvalue weighted by Crippen LogP contribution is 2.35. The maximum atomic E-state index is 6.40. The third-order valence-electron chi connectivity index (χ3n) is 4.63. The van der Waals surface area contributed by atoms with E-state index in [2.05, 4.69) is 29.1 Å². The Morgan fingerprint density at radius 2 is 2.04 bits per heavy atom. The molecule has 0 unspecified atom stereocenters. The van der Waals surface area contributed by atoms with Crippen molar-refractivity contribution in [2.24, 2.45) is 5.92 Å². The van der Waals surface area contributed by atoms with Crippen molar-refractivity contribution < 1.29 is 0 Å². The molecule has 0 N–H and O–H groups in total. The fourth-order valence-corrected chi connectivity index (χ4v) is 3.66. The van der Waals surface area contributed by atoms with Crippen LogP contribution in [0.1, 0.15) is 19.8 Å². The molecule has 1 saturated carbocycles. The smallest absolute Gasteiger partial charge is 0.0902 e. The summed E-state index contributed by atoms with van der Waals surface area (Å²) < 4.78 is 1.97. The summed E-state index contributed by atoms with van der Waals surface area (Å²) in [6, 6.07) is 11.8. The van der Waals surface area contributed by atoms with Crippen molar-refractivity contribution in [1.29, 1.82) is 0 Å². The first-order valence-electron chi connectivity index (χ1n) is 8.34. The van der Waals surface area contributed by atoms with Gasteiger partial charge in [-0.05, 0) is 56.0 Å². The second-order valence-electron chi connectivity index (χ2n) is 6.34. The predicted molar refractivity (Wildman–Crippen MR) is 101 cm³/mol.